The van der Waals surface area contributed by atoms with Gasteiger partial charge in [-0.2, -0.15) is 0 Å². The number of sulfonamides is 1. The average molecular weight is 449 g/mol. The number of nitrogens with one attached hydrogen (secondary N) is 1. The van der Waals surface area contributed by atoms with Gasteiger partial charge in [0.15, 0.2) is 0 Å². The summed E-state index contributed by atoms with van der Waals surface area (Å²) in [7, 11) is -3.55. The molecule has 32 heavy (non-hydrogen) atoms. The molecule has 0 saturated heterocycles. The third-order valence-corrected chi connectivity index (χ3v) is 7.37. The van der Waals surface area contributed by atoms with Gasteiger partial charge in [-0.3, -0.25) is 4.79 Å². The molecule has 0 aliphatic carbocycles. The van der Waals surface area contributed by atoms with Gasteiger partial charge in [-0.05, 0) is 53.6 Å². The van der Waals surface area contributed by atoms with Gasteiger partial charge in [-0.25, -0.2) is 13.1 Å². The molecule has 5 nitrogen and oxygen atoms in total. The van der Waals surface area contributed by atoms with E-state index in [2.05, 4.69) is 16.9 Å². The summed E-state index contributed by atoms with van der Waals surface area (Å²) in [6.45, 7) is 1.77. The number of nitrogens with zero attached hydrogens (tertiary/aromatic N) is 1. The van der Waals surface area contributed by atoms with Crippen LogP contribution in [0.15, 0.2) is 83.8 Å². The Morgan fingerprint density at radius 3 is 2.22 bits per heavy atom. The molecule has 4 rings (SSSR count). The van der Waals surface area contributed by atoms with Gasteiger partial charge in [-0.15, -0.1) is 0 Å². The molecule has 1 aliphatic rings. The molecule has 0 atom stereocenters. The lowest BCUT2D eigenvalue weighted by molar-refractivity contribution is -0.132. The maximum absolute atomic E-state index is 12.7. The minimum atomic E-state index is -3.55. The molecular formula is C26H28N2O3S. The van der Waals surface area contributed by atoms with E-state index in [1.165, 1.54) is 11.1 Å². The zero-order valence-corrected chi connectivity index (χ0v) is 18.9. The molecule has 1 N–H and O–H groups in total. The van der Waals surface area contributed by atoms with Crippen molar-refractivity contribution in [2.24, 2.45) is 0 Å². The number of aryl methyl sites for hydroxylation is 1. The first-order valence-corrected chi connectivity index (χ1v) is 12.5. The van der Waals surface area contributed by atoms with Crippen LogP contribution in [0.25, 0.3) is 0 Å². The van der Waals surface area contributed by atoms with E-state index in [0.717, 1.165) is 24.1 Å². The topological polar surface area (TPSA) is 66.5 Å². The second-order valence-electron chi connectivity index (χ2n) is 8.11. The molecule has 0 radical (unpaired) electrons. The number of carbonyl (C=O) groups excluding carboxylic acids is 1. The number of amides is 1. The van der Waals surface area contributed by atoms with E-state index < -0.39 is 10.0 Å². The summed E-state index contributed by atoms with van der Waals surface area (Å²) in [5, 5.41) is 0. The van der Waals surface area contributed by atoms with Crippen LogP contribution in [0.4, 0.5) is 0 Å². The second-order valence-corrected chi connectivity index (χ2v) is 9.88. The summed E-state index contributed by atoms with van der Waals surface area (Å²) in [6.07, 6.45) is 2.55. The lowest BCUT2D eigenvalue weighted by Crippen LogP contribution is -2.36. The number of rotatable bonds is 8. The van der Waals surface area contributed by atoms with Crippen molar-refractivity contribution in [1.29, 1.82) is 0 Å². The number of benzene rings is 3. The van der Waals surface area contributed by atoms with E-state index in [9.17, 15) is 13.2 Å². The first-order chi connectivity index (χ1) is 15.5. The number of fused-ring (bicyclic) bond motifs is 1. The summed E-state index contributed by atoms with van der Waals surface area (Å²) in [4.78, 5) is 14.8. The molecule has 1 amide bonds. The van der Waals surface area contributed by atoms with Crippen LogP contribution in [0.2, 0.25) is 0 Å². The fourth-order valence-corrected chi connectivity index (χ4v) is 5.04. The highest BCUT2D eigenvalue weighted by molar-refractivity contribution is 7.89. The predicted octanol–water partition coefficient (Wildman–Crippen LogP) is 3.73. The van der Waals surface area contributed by atoms with Crippen molar-refractivity contribution in [3.05, 3.63) is 101 Å². The first kappa shape index (κ1) is 22.2. The van der Waals surface area contributed by atoms with Crippen LogP contribution in [-0.4, -0.2) is 32.3 Å². The minimum absolute atomic E-state index is 0.138. The van der Waals surface area contributed by atoms with E-state index in [4.69, 9.17) is 0 Å². The van der Waals surface area contributed by atoms with Crippen molar-refractivity contribution < 1.29 is 13.2 Å². The van der Waals surface area contributed by atoms with Gasteiger partial charge in [0, 0.05) is 26.1 Å². The summed E-state index contributed by atoms with van der Waals surface area (Å²) < 4.78 is 27.7. The summed E-state index contributed by atoms with van der Waals surface area (Å²) in [5.74, 6) is 0.138. The highest BCUT2D eigenvalue weighted by Gasteiger charge is 2.20. The molecule has 0 saturated carbocycles. The molecule has 0 fully saturated rings. The van der Waals surface area contributed by atoms with E-state index in [1.807, 2.05) is 47.4 Å². The maximum atomic E-state index is 12.7. The normalized spacial score (nSPS) is 13.6. The second kappa shape index (κ2) is 10.1. The largest absolute Gasteiger partial charge is 0.338 e. The van der Waals surface area contributed by atoms with Gasteiger partial charge in [0.2, 0.25) is 15.9 Å². The summed E-state index contributed by atoms with van der Waals surface area (Å²) >= 11 is 0. The number of hydrogen-bond acceptors (Lipinski definition) is 3. The van der Waals surface area contributed by atoms with Gasteiger partial charge >= 0.3 is 0 Å². The average Bonchev–Trinajstić information content (AvgIpc) is 2.83. The van der Waals surface area contributed by atoms with Gasteiger partial charge < -0.3 is 4.90 Å². The van der Waals surface area contributed by atoms with E-state index in [-0.39, 0.29) is 10.8 Å². The molecule has 0 aromatic heterocycles. The van der Waals surface area contributed by atoms with Crippen molar-refractivity contribution >= 4 is 15.9 Å². The van der Waals surface area contributed by atoms with Crippen LogP contribution in [-0.2, 0) is 40.6 Å². The molecule has 166 valence electrons. The van der Waals surface area contributed by atoms with Crippen molar-refractivity contribution in [2.45, 2.75) is 37.1 Å². The molecular weight excluding hydrogens is 420 g/mol. The minimum Gasteiger partial charge on any atom is -0.338 e. The Kier molecular flexibility index (Phi) is 7.02. The maximum Gasteiger partial charge on any atom is 0.240 e. The molecule has 6 heteroatoms. The summed E-state index contributed by atoms with van der Waals surface area (Å²) in [6, 6.07) is 24.9. The van der Waals surface area contributed by atoms with Crippen LogP contribution in [0.3, 0.4) is 0 Å². The standard InChI is InChI=1S/C26H28N2O3S/c29-26(28-19-17-23-8-4-5-9-24(23)20-28)15-12-22-10-13-25(14-11-22)32(30,31)27-18-16-21-6-2-1-3-7-21/h1-11,13-14,27H,12,15-20H2. The third-order valence-electron chi connectivity index (χ3n) is 5.89. The smallest absolute Gasteiger partial charge is 0.240 e. The van der Waals surface area contributed by atoms with Crippen molar-refractivity contribution in [2.75, 3.05) is 13.1 Å². The fourth-order valence-electron chi connectivity index (χ4n) is 4.01. The molecule has 0 bridgehead atoms. The Balaban J connectivity index is 1.27. The molecule has 0 spiro atoms. The van der Waals surface area contributed by atoms with Crippen molar-refractivity contribution in [3.63, 3.8) is 0 Å². The Morgan fingerprint density at radius 2 is 1.47 bits per heavy atom. The third kappa shape index (κ3) is 5.64. The van der Waals surface area contributed by atoms with Gasteiger partial charge in [0.25, 0.3) is 0 Å². The molecule has 1 aliphatic heterocycles. The highest BCUT2D eigenvalue weighted by Crippen LogP contribution is 2.20. The Labute approximate surface area is 190 Å². The zero-order valence-electron chi connectivity index (χ0n) is 18.0. The number of hydrogen-bond donors (Lipinski definition) is 1. The molecule has 0 unspecified atom stereocenters. The van der Waals surface area contributed by atoms with E-state index in [1.54, 1.807) is 24.3 Å². The summed E-state index contributed by atoms with van der Waals surface area (Å²) in [5.41, 5.74) is 4.60. The lowest BCUT2D eigenvalue weighted by atomic mass is 9.99. The van der Waals surface area contributed by atoms with E-state index in [0.29, 0.717) is 32.4 Å². The Morgan fingerprint density at radius 1 is 0.812 bits per heavy atom. The molecule has 3 aromatic carbocycles. The monoisotopic (exact) mass is 448 g/mol. The van der Waals surface area contributed by atoms with Crippen LogP contribution in [0.1, 0.15) is 28.7 Å². The SMILES string of the molecule is O=C(CCc1ccc(S(=O)(=O)NCCc2ccccc2)cc1)N1CCc2ccccc2C1. The van der Waals surface area contributed by atoms with Gasteiger partial charge in [-0.1, -0.05) is 66.7 Å². The quantitative estimate of drug-likeness (QED) is 0.571. The number of carbonyl (C=O) groups is 1. The first-order valence-electron chi connectivity index (χ1n) is 11.0. The zero-order chi connectivity index (χ0) is 22.4. The van der Waals surface area contributed by atoms with Crippen molar-refractivity contribution in [3.8, 4) is 0 Å². The lowest BCUT2D eigenvalue weighted by Gasteiger charge is -2.29. The molecule has 1 heterocycles. The van der Waals surface area contributed by atoms with Gasteiger partial charge in [0.05, 0.1) is 4.90 Å². The highest BCUT2D eigenvalue weighted by atomic mass is 32.2. The van der Waals surface area contributed by atoms with Crippen molar-refractivity contribution in [1.82, 2.24) is 9.62 Å². The van der Waals surface area contributed by atoms with Crippen LogP contribution >= 0.6 is 0 Å². The van der Waals surface area contributed by atoms with E-state index >= 15 is 0 Å². The van der Waals surface area contributed by atoms with Gasteiger partial charge in [0.1, 0.15) is 0 Å². The fraction of sp³-hybridized carbons (Fsp3) is 0.269. The molecule has 3 aromatic rings. The Bertz CT molecular complexity index is 1160. The van der Waals surface area contributed by atoms with Crippen LogP contribution < -0.4 is 4.72 Å². The van der Waals surface area contributed by atoms with Crippen LogP contribution in [0, 0.1) is 0 Å². The van der Waals surface area contributed by atoms with Crippen LogP contribution in [0.5, 0.6) is 0 Å². The predicted molar refractivity (Wildman–Crippen MR) is 126 cm³/mol. The Hall–Kier alpha value is -2.96.